The zero-order valence-electron chi connectivity index (χ0n) is 9.74. The SMILES string of the molecule is CCN(CC)CCSc1nc(Cl)ccc1N. The molecule has 0 aliphatic carbocycles. The van der Waals surface area contributed by atoms with Crippen LogP contribution in [0, 0.1) is 0 Å². The Hall–Kier alpha value is -0.450. The smallest absolute Gasteiger partial charge is 0.130 e. The monoisotopic (exact) mass is 259 g/mol. The van der Waals surface area contributed by atoms with Crippen molar-refractivity contribution in [3.63, 3.8) is 0 Å². The van der Waals surface area contributed by atoms with Crippen molar-refractivity contribution in [2.75, 3.05) is 31.1 Å². The maximum Gasteiger partial charge on any atom is 0.130 e. The summed E-state index contributed by atoms with van der Waals surface area (Å²) in [6, 6.07) is 3.51. The number of anilines is 1. The molecule has 0 aromatic carbocycles. The normalized spacial score (nSPS) is 11.0. The summed E-state index contributed by atoms with van der Waals surface area (Å²) in [7, 11) is 0. The summed E-state index contributed by atoms with van der Waals surface area (Å²) in [6.07, 6.45) is 0. The first kappa shape index (κ1) is 13.6. The molecule has 0 aliphatic heterocycles. The highest BCUT2D eigenvalue weighted by Crippen LogP contribution is 2.24. The Labute approximate surface area is 106 Å². The summed E-state index contributed by atoms with van der Waals surface area (Å²) >= 11 is 7.48. The highest BCUT2D eigenvalue weighted by atomic mass is 35.5. The van der Waals surface area contributed by atoms with E-state index in [2.05, 4.69) is 23.7 Å². The molecular formula is C11H18ClN3S. The van der Waals surface area contributed by atoms with E-state index in [1.165, 1.54) is 0 Å². The van der Waals surface area contributed by atoms with E-state index in [-0.39, 0.29) is 0 Å². The van der Waals surface area contributed by atoms with Gasteiger partial charge in [-0.3, -0.25) is 0 Å². The molecule has 1 rings (SSSR count). The standard InChI is InChI=1S/C11H18ClN3S/c1-3-15(4-2)7-8-16-11-9(13)5-6-10(12)14-11/h5-6H,3-4,7-8,13H2,1-2H3. The molecule has 1 heterocycles. The first-order valence-corrected chi connectivity index (χ1v) is 6.80. The molecule has 0 fully saturated rings. The van der Waals surface area contributed by atoms with Crippen molar-refractivity contribution in [2.45, 2.75) is 18.9 Å². The first-order valence-electron chi connectivity index (χ1n) is 5.44. The van der Waals surface area contributed by atoms with E-state index < -0.39 is 0 Å². The van der Waals surface area contributed by atoms with E-state index in [1.54, 1.807) is 23.9 Å². The number of hydrogen-bond donors (Lipinski definition) is 1. The summed E-state index contributed by atoms with van der Waals surface area (Å²) in [5.74, 6) is 0.985. The van der Waals surface area contributed by atoms with Crippen molar-refractivity contribution in [1.29, 1.82) is 0 Å². The van der Waals surface area contributed by atoms with Gasteiger partial charge in [0.1, 0.15) is 10.2 Å². The predicted molar refractivity (Wildman–Crippen MR) is 72.2 cm³/mol. The molecule has 90 valence electrons. The van der Waals surface area contributed by atoms with Gasteiger partial charge in [0.15, 0.2) is 0 Å². The van der Waals surface area contributed by atoms with Crippen LogP contribution in [0.15, 0.2) is 17.2 Å². The number of aromatic nitrogens is 1. The quantitative estimate of drug-likeness (QED) is 0.630. The lowest BCUT2D eigenvalue weighted by Gasteiger charge is -2.17. The lowest BCUT2D eigenvalue weighted by Crippen LogP contribution is -2.25. The highest BCUT2D eigenvalue weighted by molar-refractivity contribution is 7.99. The van der Waals surface area contributed by atoms with Gasteiger partial charge in [-0.2, -0.15) is 0 Å². The van der Waals surface area contributed by atoms with Crippen molar-refractivity contribution in [3.05, 3.63) is 17.3 Å². The number of nitrogen functional groups attached to an aromatic ring is 1. The molecule has 16 heavy (non-hydrogen) atoms. The first-order chi connectivity index (χ1) is 7.67. The fourth-order valence-electron chi connectivity index (χ4n) is 1.36. The fourth-order valence-corrected chi connectivity index (χ4v) is 2.49. The molecule has 1 aromatic rings. The van der Waals surface area contributed by atoms with Gasteiger partial charge in [-0.1, -0.05) is 25.4 Å². The zero-order chi connectivity index (χ0) is 12.0. The van der Waals surface area contributed by atoms with E-state index in [1.807, 2.05) is 0 Å². The van der Waals surface area contributed by atoms with Crippen LogP contribution in [0.5, 0.6) is 0 Å². The van der Waals surface area contributed by atoms with Crippen LogP contribution in [-0.4, -0.2) is 35.3 Å². The van der Waals surface area contributed by atoms with Crippen LogP contribution in [0.2, 0.25) is 5.15 Å². The Balaban J connectivity index is 2.45. The van der Waals surface area contributed by atoms with Crippen LogP contribution in [-0.2, 0) is 0 Å². The Morgan fingerprint density at radius 2 is 2.06 bits per heavy atom. The third-order valence-electron chi connectivity index (χ3n) is 2.40. The minimum atomic E-state index is 0.500. The molecule has 3 nitrogen and oxygen atoms in total. The Morgan fingerprint density at radius 3 is 2.69 bits per heavy atom. The number of thioether (sulfide) groups is 1. The average Bonchev–Trinajstić information content (AvgIpc) is 2.29. The zero-order valence-corrected chi connectivity index (χ0v) is 11.3. The van der Waals surface area contributed by atoms with Crippen molar-refractivity contribution < 1.29 is 0 Å². The van der Waals surface area contributed by atoms with Gasteiger partial charge in [-0.25, -0.2) is 4.98 Å². The van der Waals surface area contributed by atoms with Crippen molar-refractivity contribution in [3.8, 4) is 0 Å². The maximum atomic E-state index is 5.82. The Morgan fingerprint density at radius 1 is 1.38 bits per heavy atom. The Bertz CT molecular complexity index is 329. The number of pyridine rings is 1. The molecule has 0 unspecified atom stereocenters. The number of hydrogen-bond acceptors (Lipinski definition) is 4. The van der Waals surface area contributed by atoms with Crippen LogP contribution >= 0.6 is 23.4 Å². The third-order valence-corrected chi connectivity index (χ3v) is 3.59. The summed E-state index contributed by atoms with van der Waals surface area (Å²) in [4.78, 5) is 6.57. The van der Waals surface area contributed by atoms with E-state index in [0.29, 0.717) is 10.8 Å². The molecular weight excluding hydrogens is 242 g/mol. The largest absolute Gasteiger partial charge is 0.397 e. The van der Waals surface area contributed by atoms with Gasteiger partial charge in [0.25, 0.3) is 0 Å². The third kappa shape index (κ3) is 4.20. The minimum absolute atomic E-state index is 0.500. The Kier molecular flexibility index (Phi) is 5.95. The summed E-state index contributed by atoms with van der Waals surface area (Å²) in [5.41, 5.74) is 6.52. The number of halogens is 1. The van der Waals surface area contributed by atoms with Crippen LogP contribution in [0.1, 0.15) is 13.8 Å². The van der Waals surface area contributed by atoms with Gasteiger partial charge < -0.3 is 10.6 Å². The number of nitrogens with zero attached hydrogens (tertiary/aromatic N) is 2. The summed E-state index contributed by atoms with van der Waals surface area (Å²) in [5, 5.41) is 1.33. The van der Waals surface area contributed by atoms with Gasteiger partial charge >= 0.3 is 0 Å². The number of nitrogens with two attached hydrogens (primary N) is 1. The van der Waals surface area contributed by atoms with Gasteiger partial charge in [-0.15, -0.1) is 11.8 Å². The van der Waals surface area contributed by atoms with Crippen molar-refractivity contribution >= 4 is 29.1 Å². The second kappa shape index (κ2) is 6.99. The summed E-state index contributed by atoms with van der Waals surface area (Å²) in [6.45, 7) is 7.54. The predicted octanol–water partition coefficient (Wildman–Crippen LogP) is 2.75. The van der Waals surface area contributed by atoms with E-state index in [9.17, 15) is 0 Å². The maximum absolute atomic E-state index is 5.82. The van der Waals surface area contributed by atoms with E-state index in [4.69, 9.17) is 17.3 Å². The topological polar surface area (TPSA) is 42.2 Å². The molecule has 0 saturated heterocycles. The second-order valence-corrected chi connectivity index (χ2v) is 4.87. The molecule has 0 atom stereocenters. The van der Waals surface area contributed by atoms with Crippen LogP contribution in [0.4, 0.5) is 5.69 Å². The van der Waals surface area contributed by atoms with Crippen molar-refractivity contribution in [2.24, 2.45) is 0 Å². The van der Waals surface area contributed by atoms with E-state index >= 15 is 0 Å². The van der Waals surface area contributed by atoms with Gasteiger partial charge in [0.05, 0.1) is 5.69 Å². The van der Waals surface area contributed by atoms with Crippen LogP contribution in [0.3, 0.4) is 0 Å². The molecule has 1 aromatic heterocycles. The molecule has 0 aliphatic rings. The number of rotatable bonds is 6. The lowest BCUT2D eigenvalue weighted by atomic mass is 10.4. The second-order valence-electron chi connectivity index (χ2n) is 3.40. The molecule has 0 saturated carbocycles. The van der Waals surface area contributed by atoms with Gasteiger partial charge in [-0.05, 0) is 25.2 Å². The lowest BCUT2D eigenvalue weighted by molar-refractivity contribution is 0.324. The summed E-state index contributed by atoms with van der Waals surface area (Å²) < 4.78 is 0. The van der Waals surface area contributed by atoms with Crippen LogP contribution < -0.4 is 5.73 Å². The molecule has 0 amide bonds. The highest BCUT2D eigenvalue weighted by Gasteiger charge is 2.04. The molecule has 0 bridgehead atoms. The van der Waals surface area contributed by atoms with Gasteiger partial charge in [0, 0.05) is 12.3 Å². The fraction of sp³-hybridized carbons (Fsp3) is 0.545. The van der Waals surface area contributed by atoms with Crippen molar-refractivity contribution in [1.82, 2.24) is 9.88 Å². The molecule has 5 heteroatoms. The van der Waals surface area contributed by atoms with E-state index in [0.717, 1.165) is 30.4 Å². The minimum Gasteiger partial charge on any atom is -0.397 e. The average molecular weight is 260 g/mol. The van der Waals surface area contributed by atoms with Crippen LogP contribution in [0.25, 0.3) is 0 Å². The molecule has 0 radical (unpaired) electrons. The molecule has 2 N–H and O–H groups in total. The van der Waals surface area contributed by atoms with Gasteiger partial charge in [0.2, 0.25) is 0 Å². The molecule has 0 spiro atoms.